The van der Waals surface area contributed by atoms with Gasteiger partial charge in [0, 0.05) is 17.7 Å². The minimum atomic E-state index is -3.84. The molecule has 0 aromatic heterocycles. The van der Waals surface area contributed by atoms with Crippen LogP contribution in [0.5, 0.6) is 0 Å². The monoisotopic (exact) mass is 332 g/mol. The molecule has 0 heterocycles. The lowest BCUT2D eigenvalue weighted by atomic mass is 10.2. The first-order valence-corrected chi connectivity index (χ1v) is 8.04. The standard InChI is InChI=1S/C12H17N2O7P/c1-3-19-22(18,20-4-2)11(21-12(13)15)9-5-7-10(8-6-9)14(16)17/h5-8,11H,3-4H2,1-2H3,(H2,13,15)/t11-/m0/s1. The van der Waals surface area contributed by atoms with Crippen molar-refractivity contribution in [1.29, 1.82) is 0 Å². The Labute approximate surface area is 127 Å². The molecular formula is C12H17N2O7P. The van der Waals surface area contributed by atoms with Crippen LogP contribution in [0.1, 0.15) is 25.3 Å². The molecule has 0 aliphatic rings. The van der Waals surface area contributed by atoms with Crippen LogP contribution in [0.25, 0.3) is 0 Å². The van der Waals surface area contributed by atoms with E-state index in [4.69, 9.17) is 19.5 Å². The third-order valence-electron chi connectivity index (χ3n) is 2.52. The zero-order valence-corrected chi connectivity index (χ0v) is 13.0. The highest BCUT2D eigenvalue weighted by Gasteiger charge is 2.40. The number of nitrogens with two attached hydrogens (primary N) is 1. The summed E-state index contributed by atoms with van der Waals surface area (Å²) in [5.74, 6) is -1.40. The molecule has 10 heteroatoms. The van der Waals surface area contributed by atoms with Crippen LogP contribution >= 0.6 is 7.60 Å². The van der Waals surface area contributed by atoms with Crippen LogP contribution in [0.3, 0.4) is 0 Å². The quantitative estimate of drug-likeness (QED) is 0.440. The number of non-ortho nitro benzene ring substituents is 1. The fraction of sp³-hybridized carbons (Fsp3) is 0.417. The van der Waals surface area contributed by atoms with Gasteiger partial charge >= 0.3 is 13.7 Å². The lowest BCUT2D eigenvalue weighted by Gasteiger charge is -2.25. The molecule has 1 amide bonds. The first kappa shape index (κ1) is 18.1. The number of ether oxygens (including phenoxy) is 1. The summed E-state index contributed by atoms with van der Waals surface area (Å²) in [6.45, 7) is 3.32. The van der Waals surface area contributed by atoms with E-state index in [2.05, 4.69) is 0 Å². The van der Waals surface area contributed by atoms with Crippen LogP contribution in [-0.2, 0) is 18.3 Å². The average Bonchev–Trinajstić information content (AvgIpc) is 2.45. The number of amides is 1. The predicted octanol–water partition coefficient (Wildman–Crippen LogP) is 2.95. The van der Waals surface area contributed by atoms with Crippen molar-refractivity contribution in [2.75, 3.05) is 13.2 Å². The Bertz CT molecular complexity index is 565. The molecule has 0 fully saturated rings. The summed E-state index contributed by atoms with van der Waals surface area (Å²) in [6.07, 6.45) is -1.16. The van der Waals surface area contributed by atoms with E-state index in [1.165, 1.54) is 24.3 Å². The minimum absolute atomic E-state index is 0.0584. The van der Waals surface area contributed by atoms with Gasteiger partial charge in [0.15, 0.2) is 0 Å². The first-order chi connectivity index (χ1) is 10.3. The van der Waals surface area contributed by atoms with Gasteiger partial charge in [-0.2, -0.15) is 0 Å². The van der Waals surface area contributed by atoms with Gasteiger partial charge in [-0.3, -0.25) is 14.7 Å². The molecule has 22 heavy (non-hydrogen) atoms. The van der Waals surface area contributed by atoms with Crippen LogP contribution in [-0.4, -0.2) is 24.2 Å². The molecule has 1 aromatic rings. The van der Waals surface area contributed by atoms with E-state index < -0.39 is 24.5 Å². The summed E-state index contributed by atoms with van der Waals surface area (Å²) in [6, 6.07) is 4.98. The van der Waals surface area contributed by atoms with E-state index in [9.17, 15) is 19.5 Å². The molecular weight excluding hydrogens is 315 g/mol. The van der Waals surface area contributed by atoms with E-state index in [-0.39, 0.29) is 24.5 Å². The fourth-order valence-corrected chi connectivity index (χ4v) is 3.55. The summed E-state index contributed by atoms with van der Waals surface area (Å²) in [4.78, 5) is 21.1. The second kappa shape index (κ2) is 7.88. The fourth-order valence-electron chi connectivity index (χ4n) is 1.72. The van der Waals surface area contributed by atoms with Gasteiger partial charge < -0.3 is 19.5 Å². The van der Waals surface area contributed by atoms with Gasteiger partial charge in [-0.1, -0.05) is 0 Å². The lowest BCUT2D eigenvalue weighted by molar-refractivity contribution is -0.384. The first-order valence-electron chi connectivity index (χ1n) is 6.43. The molecule has 1 rings (SSSR count). The number of nitro benzene ring substituents is 1. The Morgan fingerprint density at radius 3 is 2.14 bits per heavy atom. The molecule has 0 unspecified atom stereocenters. The minimum Gasteiger partial charge on any atom is -0.428 e. The number of hydrogen-bond acceptors (Lipinski definition) is 7. The highest BCUT2D eigenvalue weighted by atomic mass is 31.2. The smallest absolute Gasteiger partial charge is 0.405 e. The van der Waals surface area contributed by atoms with Gasteiger partial charge in [-0.25, -0.2) is 4.79 Å². The zero-order valence-electron chi connectivity index (χ0n) is 12.1. The van der Waals surface area contributed by atoms with Crippen LogP contribution in [0, 0.1) is 10.1 Å². The molecule has 122 valence electrons. The van der Waals surface area contributed by atoms with Gasteiger partial charge in [0.2, 0.25) is 5.85 Å². The highest BCUT2D eigenvalue weighted by Crippen LogP contribution is 2.61. The normalized spacial score (nSPS) is 12.6. The molecule has 1 atom stereocenters. The number of benzene rings is 1. The van der Waals surface area contributed by atoms with E-state index >= 15 is 0 Å². The third kappa shape index (κ3) is 4.52. The Kier molecular flexibility index (Phi) is 6.48. The highest BCUT2D eigenvalue weighted by molar-refractivity contribution is 7.54. The Hall–Kier alpha value is -1.96. The van der Waals surface area contributed by atoms with Crippen LogP contribution in [0.15, 0.2) is 24.3 Å². The maximum absolute atomic E-state index is 12.8. The molecule has 0 spiro atoms. The summed E-state index contributed by atoms with van der Waals surface area (Å²) >= 11 is 0. The van der Waals surface area contributed by atoms with Crippen molar-refractivity contribution in [2.45, 2.75) is 19.7 Å². The van der Waals surface area contributed by atoms with Crippen molar-refractivity contribution in [1.82, 2.24) is 0 Å². The molecule has 0 aliphatic heterocycles. The SMILES string of the molecule is CCOP(=O)(OCC)[C@H](OC(N)=O)c1ccc([N+](=O)[O-])cc1. The lowest BCUT2D eigenvalue weighted by Crippen LogP contribution is -2.19. The predicted molar refractivity (Wildman–Crippen MR) is 77.4 cm³/mol. The number of primary amides is 1. The van der Waals surface area contributed by atoms with Crippen molar-refractivity contribution in [3.63, 3.8) is 0 Å². The van der Waals surface area contributed by atoms with Gasteiger partial charge in [-0.05, 0) is 26.0 Å². The summed E-state index contributed by atoms with van der Waals surface area (Å²) in [7, 11) is -3.84. The average molecular weight is 332 g/mol. The van der Waals surface area contributed by atoms with E-state index in [1.54, 1.807) is 13.8 Å². The molecule has 2 N–H and O–H groups in total. The summed E-state index contributed by atoms with van der Waals surface area (Å²) < 4.78 is 27.9. The molecule has 0 radical (unpaired) electrons. The molecule has 9 nitrogen and oxygen atoms in total. The molecule has 0 aliphatic carbocycles. The van der Waals surface area contributed by atoms with Crippen molar-refractivity contribution in [3.8, 4) is 0 Å². The number of carbonyl (C=O) groups is 1. The van der Waals surface area contributed by atoms with Gasteiger partial charge in [0.25, 0.3) is 5.69 Å². The molecule has 0 saturated heterocycles. The van der Waals surface area contributed by atoms with Gasteiger partial charge in [-0.15, -0.1) is 0 Å². The third-order valence-corrected chi connectivity index (χ3v) is 4.74. The van der Waals surface area contributed by atoms with Crippen LogP contribution < -0.4 is 5.73 Å². The van der Waals surface area contributed by atoms with Crippen LogP contribution in [0.4, 0.5) is 10.5 Å². The Morgan fingerprint density at radius 1 is 1.27 bits per heavy atom. The molecule has 0 bridgehead atoms. The van der Waals surface area contributed by atoms with E-state index in [0.29, 0.717) is 0 Å². The van der Waals surface area contributed by atoms with Crippen molar-refractivity contribution < 1.29 is 28.1 Å². The van der Waals surface area contributed by atoms with Gasteiger partial charge in [0.05, 0.1) is 18.1 Å². The maximum Gasteiger partial charge on any atom is 0.405 e. The van der Waals surface area contributed by atoms with Crippen molar-refractivity contribution >= 4 is 19.4 Å². The number of nitro groups is 1. The molecule has 0 saturated carbocycles. The van der Waals surface area contributed by atoms with Crippen molar-refractivity contribution in [2.24, 2.45) is 5.73 Å². The second-order valence-corrected chi connectivity index (χ2v) is 6.08. The van der Waals surface area contributed by atoms with E-state index in [1.807, 2.05) is 0 Å². The molecule has 1 aromatic carbocycles. The van der Waals surface area contributed by atoms with Gasteiger partial charge in [0.1, 0.15) is 0 Å². The number of hydrogen-bond donors (Lipinski definition) is 1. The van der Waals surface area contributed by atoms with Crippen LogP contribution in [0.2, 0.25) is 0 Å². The summed E-state index contributed by atoms with van der Waals surface area (Å²) in [5.41, 5.74) is 5.05. The number of rotatable bonds is 8. The summed E-state index contributed by atoms with van der Waals surface area (Å²) in [5, 5.41) is 10.7. The number of nitrogens with zero attached hydrogens (tertiary/aromatic N) is 1. The second-order valence-electron chi connectivity index (χ2n) is 4.01. The zero-order chi connectivity index (χ0) is 16.8. The van der Waals surface area contributed by atoms with E-state index in [0.717, 1.165) is 0 Å². The maximum atomic E-state index is 12.8. The Morgan fingerprint density at radius 2 is 1.77 bits per heavy atom. The Balaban J connectivity index is 3.23. The number of carbonyl (C=O) groups excluding carboxylic acids is 1. The van der Waals surface area contributed by atoms with Crippen molar-refractivity contribution in [3.05, 3.63) is 39.9 Å². The topological polar surface area (TPSA) is 131 Å². The largest absolute Gasteiger partial charge is 0.428 e.